The minimum absolute atomic E-state index is 0.445. The van der Waals surface area contributed by atoms with Crippen LogP contribution >= 0.6 is 0 Å². The Morgan fingerprint density at radius 3 is 2.93 bits per heavy atom. The molecule has 0 aliphatic carbocycles. The predicted octanol–water partition coefficient (Wildman–Crippen LogP) is 3.68. The molecular weight excluding hydrogens is 336 g/mol. The highest BCUT2D eigenvalue weighted by atomic mass is 15.2. The molecule has 1 saturated heterocycles. The van der Waals surface area contributed by atoms with Gasteiger partial charge in [-0.3, -0.25) is 4.98 Å². The van der Waals surface area contributed by atoms with Gasteiger partial charge in [-0.2, -0.15) is 4.98 Å². The van der Waals surface area contributed by atoms with Crippen molar-refractivity contribution in [1.82, 2.24) is 24.8 Å². The Labute approximate surface area is 157 Å². The summed E-state index contributed by atoms with van der Waals surface area (Å²) in [5.74, 6) is 0.702. The van der Waals surface area contributed by atoms with Gasteiger partial charge in [-0.15, -0.1) is 0 Å². The van der Waals surface area contributed by atoms with Crippen LogP contribution in [-0.4, -0.2) is 51.0 Å². The first-order valence-corrected chi connectivity index (χ1v) is 9.41. The molecule has 3 aromatic heterocycles. The summed E-state index contributed by atoms with van der Waals surface area (Å²) in [7, 11) is 2.17. The van der Waals surface area contributed by atoms with Crippen molar-refractivity contribution in [3.63, 3.8) is 0 Å². The SMILES string of the molecule is CN1CCC(Nc2ncc3c(-c4ccc5ncccc5c4)c[nH]c3n2)CC1. The zero-order valence-corrected chi connectivity index (χ0v) is 15.3. The molecule has 1 aliphatic rings. The zero-order valence-electron chi connectivity index (χ0n) is 15.3. The second-order valence-electron chi connectivity index (χ2n) is 7.29. The molecular formula is C21H22N6. The lowest BCUT2D eigenvalue weighted by atomic mass is 10.0. The molecule has 4 heterocycles. The van der Waals surface area contributed by atoms with Crippen molar-refractivity contribution in [2.75, 3.05) is 25.5 Å². The molecule has 1 fully saturated rings. The lowest BCUT2D eigenvalue weighted by molar-refractivity contribution is 0.263. The molecule has 4 aromatic rings. The highest BCUT2D eigenvalue weighted by molar-refractivity contribution is 5.96. The van der Waals surface area contributed by atoms with Crippen LogP contribution in [0.1, 0.15) is 12.8 Å². The smallest absolute Gasteiger partial charge is 0.224 e. The average molecular weight is 358 g/mol. The van der Waals surface area contributed by atoms with Crippen molar-refractivity contribution in [3.05, 3.63) is 48.9 Å². The number of fused-ring (bicyclic) bond motifs is 2. The number of rotatable bonds is 3. The van der Waals surface area contributed by atoms with Gasteiger partial charge in [0.2, 0.25) is 5.95 Å². The van der Waals surface area contributed by atoms with Crippen LogP contribution in [0.4, 0.5) is 5.95 Å². The fourth-order valence-corrected chi connectivity index (χ4v) is 3.79. The van der Waals surface area contributed by atoms with Gasteiger partial charge in [0, 0.05) is 41.0 Å². The summed E-state index contributed by atoms with van der Waals surface area (Å²) >= 11 is 0. The molecule has 1 aromatic carbocycles. The number of likely N-dealkylation sites (tertiary alicyclic amines) is 1. The first-order valence-electron chi connectivity index (χ1n) is 9.41. The van der Waals surface area contributed by atoms with E-state index in [0.717, 1.165) is 59.0 Å². The van der Waals surface area contributed by atoms with E-state index >= 15 is 0 Å². The Bertz CT molecular complexity index is 1090. The first kappa shape index (κ1) is 16.2. The third-order valence-corrected chi connectivity index (χ3v) is 5.40. The van der Waals surface area contributed by atoms with Crippen LogP contribution in [0, 0.1) is 0 Å². The fraction of sp³-hybridized carbons (Fsp3) is 0.286. The molecule has 6 nitrogen and oxygen atoms in total. The Kier molecular flexibility index (Phi) is 3.98. The standard InChI is InChI=1S/C21H22N6/c1-27-9-6-16(7-10-27)25-21-24-13-18-17(12-23-20(18)26-21)14-4-5-19-15(11-14)3-2-8-22-19/h2-5,8,11-13,16H,6-7,9-10H2,1H3,(H2,23,24,25,26). The largest absolute Gasteiger partial charge is 0.351 e. The second kappa shape index (κ2) is 6.63. The van der Waals surface area contributed by atoms with Crippen LogP contribution in [0.3, 0.4) is 0 Å². The highest BCUT2D eigenvalue weighted by Crippen LogP contribution is 2.30. The van der Waals surface area contributed by atoms with Crippen molar-refractivity contribution >= 4 is 27.9 Å². The first-order chi connectivity index (χ1) is 13.3. The van der Waals surface area contributed by atoms with E-state index in [1.165, 1.54) is 0 Å². The molecule has 0 atom stereocenters. The van der Waals surface area contributed by atoms with Crippen LogP contribution in [-0.2, 0) is 0 Å². The minimum atomic E-state index is 0.445. The van der Waals surface area contributed by atoms with Crippen LogP contribution in [0.25, 0.3) is 33.1 Å². The van der Waals surface area contributed by atoms with Gasteiger partial charge < -0.3 is 15.2 Å². The molecule has 1 aliphatic heterocycles. The number of H-pyrrole nitrogens is 1. The van der Waals surface area contributed by atoms with Gasteiger partial charge in [0.25, 0.3) is 0 Å². The maximum absolute atomic E-state index is 4.69. The molecule has 0 spiro atoms. The van der Waals surface area contributed by atoms with E-state index < -0.39 is 0 Å². The Morgan fingerprint density at radius 1 is 1.15 bits per heavy atom. The Hall–Kier alpha value is -2.99. The lowest BCUT2D eigenvalue weighted by Gasteiger charge is -2.29. The number of aromatic amines is 1. The predicted molar refractivity (Wildman–Crippen MR) is 109 cm³/mol. The summed E-state index contributed by atoms with van der Waals surface area (Å²) in [5, 5.41) is 5.65. The fourth-order valence-electron chi connectivity index (χ4n) is 3.79. The third kappa shape index (κ3) is 3.13. The summed E-state index contributed by atoms with van der Waals surface area (Å²) in [6.07, 6.45) is 7.99. The van der Waals surface area contributed by atoms with Crippen LogP contribution < -0.4 is 5.32 Å². The van der Waals surface area contributed by atoms with Crippen molar-refractivity contribution in [1.29, 1.82) is 0 Å². The summed E-state index contributed by atoms with van der Waals surface area (Å²) in [6, 6.07) is 10.8. The number of pyridine rings is 1. The molecule has 2 N–H and O–H groups in total. The van der Waals surface area contributed by atoms with E-state index in [4.69, 9.17) is 4.98 Å². The normalized spacial score (nSPS) is 16.2. The van der Waals surface area contributed by atoms with Crippen molar-refractivity contribution in [3.8, 4) is 11.1 Å². The summed E-state index contributed by atoms with van der Waals surface area (Å²) < 4.78 is 0. The number of nitrogens with zero attached hydrogens (tertiary/aromatic N) is 4. The zero-order chi connectivity index (χ0) is 18.2. The molecule has 6 heteroatoms. The number of aromatic nitrogens is 4. The monoisotopic (exact) mass is 358 g/mol. The van der Waals surface area contributed by atoms with E-state index in [9.17, 15) is 0 Å². The topological polar surface area (TPSA) is 69.7 Å². The van der Waals surface area contributed by atoms with Crippen LogP contribution in [0.15, 0.2) is 48.9 Å². The molecule has 0 unspecified atom stereocenters. The minimum Gasteiger partial charge on any atom is -0.351 e. The van der Waals surface area contributed by atoms with Gasteiger partial charge in [0.05, 0.1) is 5.52 Å². The summed E-state index contributed by atoms with van der Waals surface area (Å²) in [4.78, 5) is 19.3. The van der Waals surface area contributed by atoms with Crippen molar-refractivity contribution < 1.29 is 0 Å². The molecule has 0 bridgehead atoms. The van der Waals surface area contributed by atoms with Gasteiger partial charge in [-0.1, -0.05) is 12.1 Å². The Morgan fingerprint density at radius 2 is 2.04 bits per heavy atom. The summed E-state index contributed by atoms with van der Waals surface area (Å²) in [5.41, 5.74) is 4.12. The number of nitrogens with one attached hydrogen (secondary N) is 2. The van der Waals surface area contributed by atoms with Gasteiger partial charge in [0.1, 0.15) is 5.65 Å². The molecule has 0 radical (unpaired) electrons. The van der Waals surface area contributed by atoms with Gasteiger partial charge in [-0.05, 0) is 56.7 Å². The Balaban J connectivity index is 1.44. The van der Waals surface area contributed by atoms with E-state index in [1.807, 2.05) is 24.7 Å². The maximum Gasteiger partial charge on any atom is 0.224 e. The van der Waals surface area contributed by atoms with E-state index in [0.29, 0.717) is 12.0 Å². The number of hydrogen-bond donors (Lipinski definition) is 2. The van der Waals surface area contributed by atoms with Crippen LogP contribution in [0.2, 0.25) is 0 Å². The maximum atomic E-state index is 4.69. The summed E-state index contributed by atoms with van der Waals surface area (Å²) in [6.45, 7) is 2.23. The van der Waals surface area contributed by atoms with E-state index in [2.05, 4.69) is 56.5 Å². The van der Waals surface area contributed by atoms with Gasteiger partial charge >= 0.3 is 0 Å². The molecule has 0 amide bonds. The quantitative estimate of drug-likeness (QED) is 0.585. The number of anilines is 1. The number of hydrogen-bond acceptors (Lipinski definition) is 5. The molecule has 27 heavy (non-hydrogen) atoms. The second-order valence-corrected chi connectivity index (χ2v) is 7.29. The van der Waals surface area contributed by atoms with Gasteiger partial charge in [0.15, 0.2) is 0 Å². The van der Waals surface area contributed by atoms with Crippen molar-refractivity contribution in [2.45, 2.75) is 18.9 Å². The third-order valence-electron chi connectivity index (χ3n) is 5.40. The highest BCUT2D eigenvalue weighted by Gasteiger charge is 2.18. The van der Waals surface area contributed by atoms with E-state index in [-0.39, 0.29) is 0 Å². The average Bonchev–Trinajstić information content (AvgIpc) is 3.12. The van der Waals surface area contributed by atoms with Crippen LogP contribution in [0.5, 0.6) is 0 Å². The molecule has 5 rings (SSSR count). The van der Waals surface area contributed by atoms with E-state index in [1.54, 1.807) is 0 Å². The number of benzene rings is 1. The molecule has 136 valence electrons. The number of piperidine rings is 1. The van der Waals surface area contributed by atoms with Gasteiger partial charge in [-0.25, -0.2) is 4.98 Å². The molecule has 0 saturated carbocycles. The van der Waals surface area contributed by atoms with Crippen molar-refractivity contribution in [2.24, 2.45) is 0 Å². The lowest BCUT2D eigenvalue weighted by Crippen LogP contribution is -2.37.